The highest BCUT2D eigenvalue weighted by Crippen LogP contribution is 2.19. The van der Waals surface area contributed by atoms with E-state index in [4.69, 9.17) is 9.26 Å². The Hall–Kier alpha value is -0.940. The van der Waals surface area contributed by atoms with Gasteiger partial charge in [-0.1, -0.05) is 32.3 Å². The maximum absolute atomic E-state index is 5.62. The van der Waals surface area contributed by atoms with Crippen LogP contribution in [0.15, 0.2) is 4.52 Å². The molecular weight excluding hydrogens is 230 g/mol. The molecule has 1 rings (SSSR count). The lowest BCUT2D eigenvalue weighted by atomic mass is 10.2. The van der Waals surface area contributed by atoms with Crippen LogP contribution in [-0.2, 0) is 11.3 Å². The molecule has 0 aliphatic heterocycles. The van der Waals surface area contributed by atoms with E-state index in [0.29, 0.717) is 30.8 Å². The van der Waals surface area contributed by atoms with Crippen molar-refractivity contribution in [1.29, 1.82) is 0 Å². The molecule has 1 unspecified atom stereocenters. The summed E-state index contributed by atoms with van der Waals surface area (Å²) >= 11 is 0. The molecule has 0 saturated heterocycles. The van der Waals surface area contributed by atoms with E-state index in [1.807, 2.05) is 6.92 Å². The van der Waals surface area contributed by atoms with Gasteiger partial charge in [0.1, 0.15) is 6.10 Å². The molecule has 1 atom stereocenters. The van der Waals surface area contributed by atoms with E-state index < -0.39 is 0 Å². The molecule has 0 aliphatic carbocycles. The van der Waals surface area contributed by atoms with Crippen LogP contribution in [0, 0.1) is 5.92 Å². The van der Waals surface area contributed by atoms with Crippen LogP contribution in [0.3, 0.4) is 0 Å². The van der Waals surface area contributed by atoms with Crippen LogP contribution in [0.4, 0.5) is 0 Å². The molecule has 104 valence electrons. The summed E-state index contributed by atoms with van der Waals surface area (Å²) in [6.45, 7) is 10.7. The van der Waals surface area contributed by atoms with Gasteiger partial charge in [-0.05, 0) is 25.8 Å². The van der Waals surface area contributed by atoms with Crippen molar-refractivity contribution in [1.82, 2.24) is 15.5 Å². The van der Waals surface area contributed by atoms with Crippen LogP contribution in [0.1, 0.15) is 58.4 Å². The first-order valence-electron chi connectivity index (χ1n) is 6.82. The van der Waals surface area contributed by atoms with Gasteiger partial charge in [0.05, 0.1) is 6.54 Å². The van der Waals surface area contributed by atoms with Gasteiger partial charge >= 0.3 is 0 Å². The largest absolute Gasteiger partial charge is 0.370 e. The molecule has 0 aromatic carbocycles. The van der Waals surface area contributed by atoms with Crippen molar-refractivity contribution >= 4 is 0 Å². The summed E-state index contributed by atoms with van der Waals surface area (Å²) in [6, 6.07) is 0. The molecule has 0 amide bonds. The third kappa shape index (κ3) is 5.14. The van der Waals surface area contributed by atoms with Gasteiger partial charge in [0, 0.05) is 6.61 Å². The van der Waals surface area contributed by atoms with Crippen LogP contribution < -0.4 is 5.32 Å². The minimum absolute atomic E-state index is 0.0393. The molecule has 5 heteroatoms. The van der Waals surface area contributed by atoms with Gasteiger partial charge in [-0.2, -0.15) is 4.98 Å². The molecule has 1 N–H and O–H groups in total. The van der Waals surface area contributed by atoms with Crippen LogP contribution in [0.5, 0.6) is 0 Å². The van der Waals surface area contributed by atoms with Crippen molar-refractivity contribution in [2.45, 2.75) is 53.2 Å². The summed E-state index contributed by atoms with van der Waals surface area (Å²) in [7, 11) is 0. The fourth-order valence-corrected chi connectivity index (χ4v) is 1.69. The normalized spacial score (nSPS) is 13.2. The zero-order chi connectivity index (χ0) is 13.4. The van der Waals surface area contributed by atoms with Gasteiger partial charge < -0.3 is 14.6 Å². The number of aromatic nitrogens is 2. The first-order chi connectivity index (χ1) is 8.67. The summed E-state index contributed by atoms with van der Waals surface area (Å²) in [5.41, 5.74) is 0. The molecule has 0 bridgehead atoms. The molecule has 0 fully saturated rings. The van der Waals surface area contributed by atoms with Crippen molar-refractivity contribution < 1.29 is 9.26 Å². The molecule has 1 aromatic heterocycles. The Labute approximate surface area is 109 Å². The highest BCUT2D eigenvalue weighted by Gasteiger charge is 2.17. The average Bonchev–Trinajstić information content (AvgIpc) is 2.77. The van der Waals surface area contributed by atoms with E-state index in [1.54, 1.807) is 0 Å². The summed E-state index contributed by atoms with van der Waals surface area (Å²) in [6.07, 6.45) is 1.93. The zero-order valence-corrected chi connectivity index (χ0v) is 11.9. The fourth-order valence-electron chi connectivity index (χ4n) is 1.69. The number of nitrogens with zero attached hydrogens (tertiary/aromatic N) is 2. The number of nitrogens with one attached hydrogen (secondary N) is 1. The quantitative estimate of drug-likeness (QED) is 0.735. The maximum atomic E-state index is 5.62. The van der Waals surface area contributed by atoms with Gasteiger partial charge in [-0.15, -0.1) is 0 Å². The molecule has 0 saturated carbocycles. The minimum Gasteiger partial charge on any atom is -0.370 e. The van der Waals surface area contributed by atoms with Gasteiger partial charge in [0.25, 0.3) is 0 Å². The van der Waals surface area contributed by atoms with Gasteiger partial charge in [0.15, 0.2) is 0 Å². The highest BCUT2D eigenvalue weighted by atomic mass is 16.5. The predicted molar refractivity (Wildman–Crippen MR) is 70.1 cm³/mol. The lowest BCUT2D eigenvalue weighted by Gasteiger charge is -2.11. The summed E-state index contributed by atoms with van der Waals surface area (Å²) in [4.78, 5) is 4.38. The Balaban J connectivity index is 2.49. The lowest BCUT2D eigenvalue weighted by molar-refractivity contribution is 0.0477. The maximum Gasteiger partial charge on any atom is 0.240 e. The summed E-state index contributed by atoms with van der Waals surface area (Å²) < 4.78 is 10.8. The van der Waals surface area contributed by atoms with Crippen molar-refractivity contribution in [2.24, 2.45) is 5.92 Å². The second-order valence-corrected chi connectivity index (χ2v) is 4.80. The summed E-state index contributed by atoms with van der Waals surface area (Å²) in [5, 5.41) is 7.28. The third-order valence-electron chi connectivity index (χ3n) is 2.52. The number of rotatable bonds is 9. The van der Waals surface area contributed by atoms with Crippen molar-refractivity contribution in [3.8, 4) is 0 Å². The van der Waals surface area contributed by atoms with E-state index in [9.17, 15) is 0 Å². The highest BCUT2D eigenvalue weighted by molar-refractivity contribution is 4.91. The number of hydrogen-bond acceptors (Lipinski definition) is 5. The number of hydrogen-bond donors (Lipinski definition) is 1. The Morgan fingerprint density at radius 2 is 2.11 bits per heavy atom. The van der Waals surface area contributed by atoms with Crippen molar-refractivity contribution in [2.75, 3.05) is 13.2 Å². The van der Waals surface area contributed by atoms with Crippen molar-refractivity contribution in [3.63, 3.8) is 0 Å². The molecule has 0 radical (unpaired) electrons. The van der Waals surface area contributed by atoms with Crippen LogP contribution >= 0.6 is 0 Å². The molecule has 18 heavy (non-hydrogen) atoms. The monoisotopic (exact) mass is 255 g/mol. The van der Waals surface area contributed by atoms with Crippen LogP contribution in [0.25, 0.3) is 0 Å². The number of ether oxygens (including phenoxy) is 1. The molecule has 5 nitrogen and oxygen atoms in total. The van der Waals surface area contributed by atoms with Gasteiger partial charge in [0.2, 0.25) is 11.7 Å². The first-order valence-corrected chi connectivity index (χ1v) is 6.82. The second-order valence-electron chi connectivity index (χ2n) is 4.80. The van der Waals surface area contributed by atoms with Gasteiger partial charge in [-0.25, -0.2) is 0 Å². The first kappa shape index (κ1) is 15.1. The Kier molecular flexibility index (Phi) is 6.90. The summed E-state index contributed by atoms with van der Waals surface area (Å²) in [5.74, 6) is 1.91. The molecule has 0 spiro atoms. The van der Waals surface area contributed by atoms with Crippen LogP contribution in [0.2, 0.25) is 0 Å². The molecule has 1 heterocycles. The second kappa shape index (κ2) is 8.21. The minimum atomic E-state index is -0.0393. The topological polar surface area (TPSA) is 60.2 Å². The average molecular weight is 255 g/mol. The predicted octanol–water partition coefficient (Wildman–Crippen LogP) is 2.69. The molecular formula is C13H25N3O2. The zero-order valence-electron chi connectivity index (χ0n) is 11.9. The lowest BCUT2D eigenvalue weighted by Crippen LogP contribution is -2.19. The van der Waals surface area contributed by atoms with Gasteiger partial charge in [-0.3, -0.25) is 0 Å². The van der Waals surface area contributed by atoms with E-state index in [1.165, 1.54) is 0 Å². The van der Waals surface area contributed by atoms with E-state index in [0.717, 1.165) is 19.4 Å². The van der Waals surface area contributed by atoms with Crippen LogP contribution in [-0.4, -0.2) is 23.3 Å². The Morgan fingerprint density at radius 1 is 1.33 bits per heavy atom. The van der Waals surface area contributed by atoms with E-state index in [-0.39, 0.29) is 6.10 Å². The van der Waals surface area contributed by atoms with E-state index in [2.05, 4.69) is 36.2 Å². The Morgan fingerprint density at radius 3 is 2.72 bits per heavy atom. The standard InChI is InChI=1S/C13H25N3O2/c1-5-7-11(17-6-2)13-15-12(18-16-13)9-14-8-10(3)4/h10-11,14H,5-9H2,1-4H3. The molecule has 0 aliphatic rings. The SMILES string of the molecule is CCCC(OCC)c1noc(CNCC(C)C)n1. The Bertz CT molecular complexity index is 320. The smallest absolute Gasteiger partial charge is 0.240 e. The van der Waals surface area contributed by atoms with Crippen molar-refractivity contribution in [3.05, 3.63) is 11.7 Å². The fraction of sp³-hybridized carbons (Fsp3) is 0.846. The van der Waals surface area contributed by atoms with E-state index >= 15 is 0 Å². The molecule has 1 aromatic rings. The third-order valence-corrected chi connectivity index (χ3v) is 2.52.